The van der Waals surface area contributed by atoms with Gasteiger partial charge in [-0.25, -0.2) is 0 Å². The number of para-hydroxylation sites is 1. The lowest BCUT2D eigenvalue weighted by atomic mass is 9.76. The van der Waals surface area contributed by atoms with Crippen LogP contribution in [0.3, 0.4) is 0 Å². The van der Waals surface area contributed by atoms with Gasteiger partial charge in [0.15, 0.2) is 11.5 Å². The molecule has 0 N–H and O–H groups in total. The molecule has 6 rings (SSSR count). The zero-order chi connectivity index (χ0) is 17.1. The van der Waals surface area contributed by atoms with E-state index in [1.807, 2.05) is 6.07 Å². The van der Waals surface area contributed by atoms with Crippen LogP contribution in [0.1, 0.15) is 24.0 Å². The smallest absolute Gasteiger partial charge is 0.165 e. The molecule has 1 unspecified atom stereocenters. The topological polar surface area (TPSA) is 43.3 Å². The highest BCUT2D eigenvalue weighted by molar-refractivity contribution is 6.14. The number of rotatable bonds is 0. The zero-order valence-electron chi connectivity index (χ0n) is 14.5. The van der Waals surface area contributed by atoms with E-state index in [0.717, 1.165) is 54.6 Å². The van der Waals surface area contributed by atoms with E-state index in [-0.39, 0.29) is 5.41 Å². The van der Waals surface area contributed by atoms with Crippen LogP contribution in [-0.2, 0) is 5.41 Å². The molecule has 26 heavy (non-hydrogen) atoms. The van der Waals surface area contributed by atoms with E-state index in [1.165, 1.54) is 11.3 Å². The molecular weight excluding hydrogens is 328 g/mol. The highest BCUT2D eigenvalue weighted by atomic mass is 16.6. The molecule has 0 saturated carbocycles. The van der Waals surface area contributed by atoms with Crippen LogP contribution in [0.15, 0.2) is 41.4 Å². The van der Waals surface area contributed by atoms with Crippen LogP contribution in [0.4, 0.5) is 5.69 Å². The Balaban J connectivity index is 1.62. The summed E-state index contributed by atoms with van der Waals surface area (Å²) in [5.41, 5.74) is 3.36. The van der Waals surface area contributed by atoms with Gasteiger partial charge in [-0.15, -0.1) is 0 Å². The fourth-order valence-electron chi connectivity index (χ4n) is 4.74. The van der Waals surface area contributed by atoms with Crippen molar-refractivity contribution in [3.63, 3.8) is 0 Å². The molecule has 5 nitrogen and oxygen atoms in total. The number of ether oxygens (including phenoxy) is 3. The Bertz CT molecular complexity index is 939. The number of benzene rings is 2. The Labute approximate surface area is 152 Å². The molecule has 1 atom stereocenters. The number of fused-ring (bicyclic) bond motifs is 8. The molecule has 0 aliphatic carbocycles. The molecule has 2 aromatic rings. The van der Waals surface area contributed by atoms with Crippen molar-refractivity contribution in [2.45, 2.75) is 18.3 Å². The Hall–Kier alpha value is -2.69. The van der Waals surface area contributed by atoms with Gasteiger partial charge in [0.1, 0.15) is 36.8 Å². The average Bonchev–Trinajstić information content (AvgIpc) is 3.05. The summed E-state index contributed by atoms with van der Waals surface area (Å²) in [6.07, 6.45) is 2.29. The molecule has 5 heteroatoms. The molecule has 4 aliphatic rings. The third kappa shape index (κ3) is 1.73. The number of hydrogen-bond acceptors (Lipinski definition) is 5. The summed E-state index contributed by atoms with van der Waals surface area (Å²) >= 11 is 0. The van der Waals surface area contributed by atoms with Gasteiger partial charge in [-0.3, -0.25) is 4.99 Å². The fourth-order valence-corrected chi connectivity index (χ4v) is 4.74. The summed E-state index contributed by atoms with van der Waals surface area (Å²) in [6, 6.07) is 12.8. The molecule has 0 amide bonds. The number of nitrogens with zero attached hydrogens (tertiary/aromatic N) is 2. The lowest BCUT2D eigenvalue weighted by Crippen LogP contribution is -2.42. The van der Waals surface area contributed by atoms with E-state index in [0.29, 0.717) is 19.8 Å². The second-order valence-electron chi connectivity index (χ2n) is 7.27. The maximum absolute atomic E-state index is 6.21. The second kappa shape index (κ2) is 5.16. The second-order valence-corrected chi connectivity index (χ2v) is 7.27. The Morgan fingerprint density at radius 3 is 2.65 bits per heavy atom. The number of aliphatic imine (C=N–C) groups is 1. The summed E-state index contributed by atoms with van der Waals surface area (Å²) in [7, 11) is 0. The molecule has 0 aromatic heterocycles. The zero-order valence-corrected chi connectivity index (χ0v) is 14.5. The minimum Gasteiger partial charge on any atom is -0.491 e. The van der Waals surface area contributed by atoms with Crippen LogP contribution < -0.4 is 19.1 Å². The van der Waals surface area contributed by atoms with Crippen LogP contribution in [0.2, 0.25) is 0 Å². The van der Waals surface area contributed by atoms with Crippen molar-refractivity contribution in [1.82, 2.24) is 0 Å². The van der Waals surface area contributed by atoms with Gasteiger partial charge in [-0.2, -0.15) is 0 Å². The van der Waals surface area contributed by atoms with Gasteiger partial charge in [0.25, 0.3) is 0 Å². The van der Waals surface area contributed by atoms with E-state index < -0.39 is 0 Å². The van der Waals surface area contributed by atoms with Crippen LogP contribution >= 0.6 is 0 Å². The Morgan fingerprint density at radius 1 is 0.885 bits per heavy atom. The molecule has 0 bridgehead atoms. The predicted octanol–water partition coefficient (Wildman–Crippen LogP) is 3.15. The third-order valence-electron chi connectivity index (χ3n) is 5.89. The van der Waals surface area contributed by atoms with Crippen LogP contribution in [-0.4, -0.2) is 38.7 Å². The maximum Gasteiger partial charge on any atom is 0.165 e. The maximum atomic E-state index is 6.21. The van der Waals surface area contributed by atoms with Crippen molar-refractivity contribution < 1.29 is 14.2 Å². The van der Waals surface area contributed by atoms with Gasteiger partial charge in [-0.05, 0) is 30.5 Å². The van der Waals surface area contributed by atoms with E-state index in [1.54, 1.807) is 0 Å². The Morgan fingerprint density at radius 2 is 1.73 bits per heavy atom. The van der Waals surface area contributed by atoms with Gasteiger partial charge in [0.2, 0.25) is 0 Å². The van der Waals surface area contributed by atoms with Crippen LogP contribution in [0.25, 0.3) is 0 Å². The quantitative estimate of drug-likeness (QED) is 0.734. The highest BCUT2D eigenvalue weighted by Crippen LogP contribution is 2.55. The van der Waals surface area contributed by atoms with E-state index in [9.17, 15) is 0 Å². The van der Waals surface area contributed by atoms with Crippen molar-refractivity contribution in [2.75, 3.05) is 37.8 Å². The van der Waals surface area contributed by atoms with E-state index >= 15 is 0 Å². The first-order valence-electron chi connectivity index (χ1n) is 9.37. The fraction of sp³-hybridized carbons (Fsp3) is 0.381. The third-order valence-corrected chi connectivity index (χ3v) is 5.89. The molecule has 0 fully saturated rings. The average molecular weight is 348 g/mol. The summed E-state index contributed by atoms with van der Waals surface area (Å²) in [6.45, 7) is 3.64. The first-order valence-corrected chi connectivity index (χ1v) is 9.37. The van der Waals surface area contributed by atoms with Gasteiger partial charge in [-0.1, -0.05) is 18.2 Å². The van der Waals surface area contributed by atoms with Gasteiger partial charge < -0.3 is 19.1 Å². The van der Waals surface area contributed by atoms with Gasteiger partial charge in [0.05, 0.1) is 0 Å². The Kier molecular flexibility index (Phi) is 2.87. The minimum atomic E-state index is -0.341. The molecule has 2 aromatic carbocycles. The minimum absolute atomic E-state index is 0.341. The van der Waals surface area contributed by atoms with Crippen LogP contribution in [0.5, 0.6) is 17.2 Å². The van der Waals surface area contributed by atoms with Crippen LogP contribution in [0, 0.1) is 0 Å². The molecule has 4 aliphatic heterocycles. The summed E-state index contributed by atoms with van der Waals surface area (Å²) in [4.78, 5) is 7.44. The number of hydrogen-bond donors (Lipinski definition) is 0. The predicted molar refractivity (Wildman–Crippen MR) is 99.0 cm³/mol. The SMILES string of the molecule is c1ccc2c(c1)N1CCCCN=C1C21COc2cc3c(cc21)OCCO3. The van der Waals surface area contributed by atoms with Crippen molar-refractivity contribution in [1.29, 1.82) is 0 Å². The summed E-state index contributed by atoms with van der Waals surface area (Å²) < 4.78 is 17.8. The van der Waals surface area contributed by atoms with Crippen molar-refractivity contribution in [3.05, 3.63) is 47.5 Å². The van der Waals surface area contributed by atoms with Crippen molar-refractivity contribution in [2.24, 2.45) is 4.99 Å². The molecule has 132 valence electrons. The first-order chi connectivity index (χ1) is 12.9. The lowest BCUT2D eigenvalue weighted by molar-refractivity contribution is 0.171. The van der Waals surface area contributed by atoms with Gasteiger partial charge in [0, 0.05) is 30.4 Å². The van der Waals surface area contributed by atoms with E-state index in [4.69, 9.17) is 19.2 Å². The first kappa shape index (κ1) is 14.5. The normalized spacial score (nSPS) is 25.1. The highest BCUT2D eigenvalue weighted by Gasteiger charge is 2.55. The summed E-state index contributed by atoms with van der Waals surface area (Å²) in [5.74, 6) is 3.60. The lowest BCUT2D eigenvalue weighted by Gasteiger charge is -2.27. The summed E-state index contributed by atoms with van der Waals surface area (Å²) in [5, 5.41) is 0. The number of anilines is 1. The molecule has 4 heterocycles. The molecular formula is C21H20N2O3. The standard InChI is InChI=1S/C21H20N2O3/c1-2-6-16-14(5-1)21(20-22-7-3-4-8-23(16)20)13-26-17-12-19-18(11-15(17)21)24-9-10-25-19/h1-2,5-6,11-12H,3-4,7-10,13H2. The largest absolute Gasteiger partial charge is 0.491 e. The van der Waals surface area contributed by atoms with Crippen molar-refractivity contribution >= 4 is 11.5 Å². The molecule has 0 radical (unpaired) electrons. The van der Waals surface area contributed by atoms with E-state index in [2.05, 4.69) is 35.2 Å². The van der Waals surface area contributed by atoms with Crippen molar-refractivity contribution in [3.8, 4) is 17.2 Å². The molecule has 0 saturated heterocycles. The van der Waals surface area contributed by atoms with Gasteiger partial charge >= 0.3 is 0 Å². The number of amidine groups is 1. The monoisotopic (exact) mass is 348 g/mol. The molecule has 1 spiro atoms.